The number of carbonyl (C=O) groups is 1. The van der Waals surface area contributed by atoms with Gasteiger partial charge >= 0.3 is 0 Å². The highest BCUT2D eigenvalue weighted by atomic mass is 16.5. The largest absolute Gasteiger partial charge is 0.378 e. The van der Waals surface area contributed by atoms with Gasteiger partial charge in [0, 0.05) is 19.2 Å². The number of rotatable bonds is 4. The van der Waals surface area contributed by atoms with Gasteiger partial charge in [0.2, 0.25) is 5.91 Å². The molecule has 3 unspecified atom stereocenters. The van der Waals surface area contributed by atoms with Gasteiger partial charge in [-0.05, 0) is 38.0 Å². The summed E-state index contributed by atoms with van der Waals surface area (Å²) < 4.78 is 5.43. The normalized spacial score (nSPS) is 34.2. The number of amides is 1. The van der Waals surface area contributed by atoms with E-state index in [1.807, 2.05) is 0 Å². The third kappa shape index (κ3) is 3.46. The molecule has 4 nitrogen and oxygen atoms in total. The summed E-state index contributed by atoms with van der Waals surface area (Å²) >= 11 is 0. The smallest absolute Gasteiger partial charge is 0.222 e. The Morgan fingerprint density at radius 1 is 1.38 bits per heavy atom. The Morgan fingerprint density at radius 3 is 2.88 bits per heavy atom. The van der Waals surface area contributed by atoms with Crippen LogP contribution in [0.5, 0.6) is 0 Å². The van der Waals surface area contributed by atoms with Gasteiger partial charge in [-0.25, -0.2) is 0 Å². The predicted octanol–water partition coefficient (Wildman–Crippen LogP) is 0.799. The molecule has 1 heterocycles. The Kier molecular flexibility index (Phi) is 4.18. The molecule has 2 aliphatic rings. The van der Waals surface area contributed by atoms with E-state index in [9.17, 15) is 4.79 Å². The van der Waals surface area contributed by atoms with Crippen molar-refractivity contribution in [2.45, 2.75) is 50.7 Å². The third-order valence-electron chi connectivity index (χ3n) is 3.61. The van der Waals surface area contributed by atoms with Gasteiger partial charge in [-0.15, -0.1) is 0 Å². The summed E-state index contributed by atoms with van der Waals surface area (Å²) in [5, 5.41) is 3.00. The summed E-state index contributed by atoms with van der Waals surface area (Å²) in [5.41, 5.74) is 5.83. The average Bonchev–Trinajstić information content (AvgIpc) is 2.87. The highest BCUT2D eigenvalue weighted by Gasteiger charge is 2.23. The van der Waals surface area contributed by atoms with Crippen LogP contribution in [0.4, 0.5) is 0 Å². The molecule has 92 valence electrons. The lowest BCUT2D eigenvalue weighted by Gasteiger charge is -2.13. The lowest BCUT2D eigenvalue weighted by Crippen LogP contribution is -2.31. The van der Waals surface area contributed by atoms with E-state index in [4.69, 9.17) is 10.5 Å². The lowest BCUT2D eigenvalue weighted by atomic mass is 10.1. The average molecular weight is 226 g/mol. The molecule has 1 aliphatic heterocycles. The van der Waals surface area contributed by atoms with E-state index in [-0.39, 0.29) is 12.0 Å². The topological polar surface area (TPSA) is 64.3 Å². The SMILES string of the molecule is NC1CCC(CNC(=O)CC2CCCO2)C1. The number of hydrogen-bond acceptors (Lipinski definition) is 3. The number of hydrogen-bond donors (Lipinski definition) is 2. The first-order valence-corrected chi connectivity index (χ1v) is 6.38. The number of nitrogens with one attached hydrogen (secondary N) is 1. The fraction of sp³-hybridized carbons (Fsp3) is 0.917. The molecular formula is C12H22N2O2. The van der Waals surface area contributed by atoms with Gasteiger partial charge in [-0.2, -0.15) is 0 Å². The van der Waals surface area contributed by atoms with Crippen LogP contribution in [0.2, 0.25) is 0 Å². The van der Waals surface area contributed by atoms with Gasteiger partial charge in [0.05, 0.1) is 12.5 Å². The second-order valence-corrected chi connectivity index (χ2v) is 5.08. The molecule has 0 aromatic carbocycles. The van der Waals surface area contributed by atoms with Gasteiger partial charge in [0.15, 0.2) is 0 Å². The molecule has 0 spiro atoms. The minimum absolute atomic E-state index is 0.132. The zero-order valence-corrected chi connectivity index (χ0v) is 9.78. The van der Waals surface area contributed by atoms with Crippen LogP contribution in [-0.2, 0) is 9.53 Å². The molecule has 2 rings (SSSR count). The van der Waals surface area contributed by atoms with Crippen molar-refractivity contribution in [1.29, 1.82) is 0 Å². The summed E-state index contributed by atoms with van der Waals surface area (Å²) in [6, 6.07) is 0.347. The molecular weight excluding hydrogens is 204 g/mol. The molecule has 3 atom stereocenters. The van der Waals surface area contributed by atoms with Crippen LogP contribution in [0.15, 0.2) is 0 Å². The first kappa shape index (κ1) is 11.9. The van der Waals surface area contributed by atoms with Crippen LogP contribution >= 0.6 is 0 Å². The molecule has 16 heavy (non-hydrogen) atoms. The lowest BCUT2D eigenvalue weighted by molar-refractivity contribution is -0.123. The zero-order valence-electron chi connectivity index (χ0n) is 9.78. The molecule has 3 N–H and O–H groups in total. The fourth-order valence-electron chi connectivity index (χ4n) is 2.64. The molecule has 0 bridgehead atoms. The van der Waals surface area contributed by atoms with Crippen molar-refractivity contribution < 1.29 is 9.53 Å². The molecule has 0 radical (unpaired) electrons. The molecule has 1 amide bonds. The Balaban J connectivity index is 1.60. The summed E-state index contributed by atoms with van der Waals surface area (Å²) in [5.74, 6) is 0.718. The van der Waals surface area contributed by atoms with Gasteiger partial charge in [0.1, 0.15) is 0 Å². The van der Waals surface area contributed by atoms with E-state index >= 15 is 0 Å². The van der Waals surface area contributed by atoms with Crippen LogP contribution < -0.4 is 11.1 Å². The zero-order chi connectivity index (χ0) is 11.4. The summed E-state index contributed by atoms with van der Waals surface area (Å²) in [6.45, 7) is 1.61. The predicted molar refractivity (Wildman–Crippen MR) is 61.9 cm³/mol. The van der Waals surface area contributed by atoms with Gasteiger partial charge in [0.25, 0.3) is 0 Å². The van der Waals surface area contributed by atoms with Gasteiger partial charge < -0.3 is 15.8 Å². The van der Waals surface area contributed by atoms with Crippen molar-refractivity contribution in [2.24, 2.45) is 11.7 Å². The summed E-state index contributed by atoms with van der Waals surface area (Å²) in [4.78, 5) is 11.6. The highest BCUT2D eigenvalue weighted by Crippen LogP contribution is 2.23. The Bertz CT molecular complexity index is 239. The second kappa shape index (κ2) is 5.64. The maximum Gasteiger partial charge on any atom is 0.222 e. The minimum Gasteiger partial charge on any atom is -0.378 e. The molecule has 1 aliphatic carbocycles. The molecule has 0 aromatic rings. The fourth-order valence-corrected chi connectivity index (χ4v) is 2.64. The van der Waals surface area contributed by atoms with Crippen LogP contribution in [0.25, 0.3) is 0 Å². The number of nitrogens with two attached hydrogens (primary N) is 1. The summed E-state index contributed by atoms with van der Waals surface area (Å²) in [6.07, 6.45) is 6.12. The van der Waals surface area contributed by atoms with Crippen LogP contribution in [0.3, 0.4) is 0 Å². The highest BCUT2D eigenvalue weighted by molar-refractivity contribution is 5.76. The van der Waals surface area contributed by atoms with E-state index in [0.29, 0.717) is 18.4 Å². The number of ether oxygens (including phenoxy) is 1. The van der Waals surface area contributed by atoms with Crippen molar-refractivity contribution >= 4 is 5.91 Å². The number of carbonyl (C=O) groups excluding carboxylic acids is 1. The van der Waals surface area contributed by atoms with Crippen molar-refractivity contribution in [3.8, 4) is 0 Å². The van der Waals surface area contributed by atoms with E-state index in [0.717, 1.165) is 45.3 Å². The summed E-state index contributed by atoms with van der Waals surface area (Å²) in [7, 11) is 0. The third-order valence-corrected chi connectivity index (χ3v) is 3.61. The molecule has 0 aromatic heterocycles. The van der Waals surface area contributed by atoms with Gasteiger partial charge in [-0.1, -0.05) is 0 Å². The minimum atomic E-state index is 0.132. The van der Waals surface area contributed by atoms with E-state index < -0.39 is 0 Å². The molecule has 2 fully saturated rings. The van der Waals surface area contributed by atoms with Gasteiger partial charge in [-0.3, -0.25) is 4.79 Å². The van der Waals surface area contributed by atoms with Crippen molar-refractivity contribution in [2.75, 3.05) is 13.2 Å². The molecule has 4 heteroatoms. The van der Waals surface area contributed by atoms with Crippen molar-refractivity contribution in [3.05, 3.63) is 0 Å². The molecule has 1 saturated carbocycles. The Labute approximate surface area is 96.9 Å². The van der Waals surface area contributed by atoms with Crippen molar-refractivity contribution in [3.63, 3.8) is 0 Å². The first-order valence-electron chi connectivity index (χ1n) is 6.38. The first-order chi connectivity index (χ1) is 7.74. The Hall–Kier alpha value is -0.610. The maximum atomic E-state index is 11.6. The van der Waals surface area contributed by atoms with E-state index in [1.54, 1.807) is 0 Å². The standard InChI is InChI=1S/C12H22N2O2/c13-10-4-3-9(6-10)8-14-12(15)7-11-2-1-5-16-11/h9-11H,1-8,13H2,(H,14,15). The van der Waals surface area contributed by atoms with Crippen LogP contribution in [-0.4, -0.2) is 31.2 Å². The van der Waals surface area contributed by atoms with Crippen LogP contribution in [0.1, 0.15) is 38.5 Å². The van der Waals surface area contributed by atoms with Crippen LogP contribution in [0, 0.1) is 5.92 Å². The van der Waals surface area contributed by atoms with Crippen molar-refractivity contribution in [1.82, 2.24) is 5.32 Å². The maximum absolute atomic E-state index is 11.6. The Morgan fingerprint density at radius 2 is 2.25 bits per heavy atom. The van der Waals surface area contributed by atoms with E-state index in [1.165, 1.54) is 0 Å². The van der Waals surface area contributed by atoms with E-state index in [2.05, 4.69) is 5.32 Å². The monoisotopic (exact) mass is 226 g/mol. The second-order valence-electron chi connectivity index (χ2n) is 5.08. The quantitative estimate of drug-likeness (QED) is 0.745. The molecule has 1 saturated heterocycles.